The van der Waals surface area contributed by atoms with Gasteiger partial charge >= 0.3 is 0 Å². The van der Waals surface area contributed by atoms with E-state index in [1.807, 2.05) is 4.90 Å². The van der Waals surface area contributed by atoms with E-state index in [2.05, 4.69) is 31.2 Å². The molecule has 6 nitrogen and oxygen atoms in total. The van der Waals surface area contributed by atoms with Gasteiger partial charge in [-0.25, -0.2) is 4.98 Å². The third kappa shape index (κ3) is 2.51. The van der Waals surface area contributed by atoms with E-state index < -0.39 is 6.10 Å². The average molecular weight is 303 g/mol. The lowest BCUT2D eigenvalue weighted by molar-refractivity contribution is 0.184. The van der Waals surface area contributed by atoms with Crippen molar-refractivity contribution in [2.24, 2.45) is 0 Å². The quantitative estimate of drug-likeness (QED) is 0.741. The highest BCUT2D eigenvalue weighted by Crippen LogP contribution is 2.26. The van der Waals surface area contributed by atoms with E-state index >= 15 is 0 Å². The van der Waals surface area contributed by atoms with E-state index in [0.717, 1.165) is 4.47 Å². The van der Waals surface area contributed by atoms with Gasteiger partial charge in [-0.2, -0.15) is 4.98 Å². The number of aliphatic hydroxyl groups excluding tert-OH is 2. The maximum atomic E-state index is 9.61. The zero-order valence-corrected chi connectivity index (χ0v) is 11.1. The minimum absolute atomic E-state index is 0.00856. The van der Waals surface area contributed by atoms with E-state index in [9.17, 15) is 10.2 Å². The molecule has 0 radical (unpaired) electrons. The first-order valence-corrected chi connectivity index (χ1v) is 6.21. The van der Waals surface area contributed by atoms with Crippen LogP contribution in [0.15, 0.2) is 10.7 Å². The summed E-state index contributed by atoms with van der Waals surface area (Å²) in [6, 6.07) is -0.115. The number of anilines is 2. The van der Waals surface area contributed by atoms with Gasteiger partial charge in [-0.3, -0.25) is 0 Å². The molecule has 1 fully saturated rings. The van der Waals surface area contributed by atoms with E-state index in [1.54, 1.807) is 13.2 Å². The summed E-state index contributed by atoms with van der Waals surface area (Å²) in [6.45, 7) is 0.446. The summed E-state index contributed by atoms with van der Waals surface area (Å²) in [5, 5.41) is 21.8. The van der Waals surface area contributed by atoms with E-state index in [-0.39, 0.29) is 12.6 Å². The normalized spacial score (nSPS) is 24.1. The zero-order valence-electron chi connectivity index (χ0n) is 9.47. The van der Waals surface area contributed by atoms with Crippen molar-refractivity contribution in [1.29, 1.82) is 0 Å². The summed E-state index contributed by atoms with van der Waals surface area (Å²) in [5.41, 5.74) is 0. The molecule has 1 aromatic rings. The molecule has 2 rings (SSSR count). The second-order valence-corrected chi connectivity index (χ2v) is 4.85. The molecule has 2 atom stereocenters. The van der Waals surface area contributed by atoms with Crippen LogP contribution in [0.2, 0.25) is 0 Å². The van der Waals surface area contributed by atoms with Gasteiger partial charge in [-0.05, 0) is 22.4 Å². The maximum absolute atomic E-state index is 9.61. The number of hydrogen-bond donors (Lipinski definition) is 3. The van der Waals surface area contributed by atoms with Gasteiger partial charge in [-0.15, -0.1) is 0 Å². The fraction of sp³-hybridized carbons (Fsp3) is 0.600. The molecule has 1 aromatic heterocycles. The summed E-state index contributed by atoms with van der Waals surface area (Å²) in [7, 11) is 1.78. The first-order valence-electron chi connectivity index (χ1n) is 5.41. The molecule has 0 saturated carbocycles. The SMILES string of the molecule is CNc1nc(N2C[C@@H](O)C[C@H]2CO)ncc1Br. The Morgan fingerprint density at radius 2 is 2.41 bits per heavy atom. The Bertz CT molecular complexity index is 404. The van der Waals surface area contributed by atoms with Crippen LogP contribution in [0.4, 0.5) is 11.8 Å². The molecular formula is C10H15BrN4O2. The van der Waals surface area contributed by atoms with Gasteiger partial charge in [0.25, 0.3) is 0 Å². The number of aromatic nitrogens is 2. The van der Waals surface area contributed by atoms with Gasteiger partial charge in [0.1, 0.15) is 5.82 Å². The van der Waals surface area contributed by atoms with Crippen molar-refractivity contribution in [2.75, 3.05) is 30.4 Å². The minimum atomic E-state index is -0.433. The van der Waals surface area contributed by atoms with Crippen molar-refractivity contribution in [3.63, 3.8) is 0 Å². The molecular weight excluding hydrogens is 288 g/mol. The second-order valence-electron chi connectivity index (χ2n) is 3.99. The van der Waals surface area contributed by atoms with Crippen LogP contribution in [-0.4, -0.2) is 52.5 Å². The van der Waals surface area contributed by atoms with Crippen LogP contribution < -0.4 is 10.2 Å². The molecule has 1 aliphatic rings. The van der Waals surface area contributed by atoms with Crippen LogP contribution >= 0.6 is 15.9 Å². The summed E-state index contributed by atoms with van der Waals surface area (Å²) in [6.07, 6.45) is 1.77. The Morgan fingerprint density at radius 3 is 3.06 bits per heavy atom. The Kier molecular flexibility index (Phi) is 3.80. The second kappa shape index (κ2) is 5.16. The number of β-amino-alcohol motifs (C(OH)–C–C–N with tert-alkyl or cyclic N) is 1. The van der Waals surface area contributed by atoms with Crippen molar-refractivity contribution >= 4 is 27.7 Å². The van der Waals surface area contributed by atoms with E-state index in [1.165, 1.54) is 0 Å². The summed E-state index contributed by atoms with van der Waals surface area (Å²) < 4.78 is 0.782. The molecule has 0 aromatic carbocycles. The predicted octanol–water partition coefficient (Wildman–Crippen LogP) is 0.213. The Morgan fingerprint density at radius 1 is 1.65 bits per heavy atom. The first-order chi connectivity index (χ1) is 8.15. The van der Waals surface area contributed by atoms with Crippen molar-refractivity contribution in [1.82, 2.24) is 9.97 Å². The fourth-order valence-corrected chi connectivity index (χ4v) is 2.37. The van der Waals surface area contributed by atoms with E-state index in [4.69, 9.17) is 0 Å². The van der Waals surface area contributed by atoms with Gasteiger partial charge in [-0.1, -0.05) is 0 Å². The maximum Gasteiger partial charge on any atom is 0.227 e. The van der Waals surface area contributed by atoms with Crippen LogP contribution in [0.1, 0.15) is 6.42 Å². The van der Waals surface area contributed by atoms with Gasteiger partial charge in [0.15, 0.2) is 0 Å². The van der Waals surface area contributed by atoms with Crippen LogP contribution in [0, 0.1) is 0 Å². The highest BCUT2D eigenvalue weighted by Gasteiger charge is 2.32. The van der Waals surface area contributed by atoms with E-state index in [0.29, 0.717) is 24.7 Å². The molecule has 17 heavy (non-hydrogen) atoms. The zero-order chi connectivity index (χ0) is 12.4. The van der Waals surface area contributed by atoms with Gasteiger partial charge in [0.2, 0.25) is 5.95 Å². The number of nitrogens with one attached hydrogen (secondary N) is 1. The van der Waals surface area contributed by atoms with Crippen LogP contribution in [0.5, 0.6) is 0 Å². The Hall–Kier alpha value is -0.920. The Labute approximate surface area is 108 Å². The standard InChI is InChI=1S/C10H15BrN4O2/c1-12-9-8(11)3-13-10(14-9)15-4-7(17)2-6(15)5-16/h3,6-7,16-17H,2,4-5H2,1H3,(H,12,13,14)/t6-,7-/m0/s1. The molecule has 0 amide bonds. The van der Waals surface area contributed by atoms with Gasteiger partial charge in [0.05, 0.1) is 23.2 Å². The summed E-state index contributed by atoms with van der Waals surface area (Å²) >= 11 is 3.34. The van der Waals surface area contributed by atoms with Gasteiger partial charge < -0.3 is 20.4 Å². The molecule has 1 saturated heterocycles. The molecule has 2 heterocycles. The topological polar surface area (TPSA) is 81.5 Å². The van der Waals surface area contributed by atoms with Crippen molar-refractivity contribution in [3.8, 4) is 0 Å². The molecule has 0 bridgehead atoms. The lowest BCUT2D eigenvalue weighted by atomic mass is 10.2. The average Bonchev–Trinajstić information content (AvgIpc) is 2.71. The third-order valence-corrected chi connectivity index (χ3v) is 3.41. The highest BCUT2D eigenvalue weighted by atomic mass is 79.9. The number of rotatable bonds is 3. The largest absolute Gasteiger partial charge is 0.394 e. The van der Waals surface area contributed by atoms with Crippen molar-refractivity contribution in [2.45, 2.75) is 18.6 Å². The fourth-order valence-electron chi connectivity index (χ4n) is 1.98. The minimum Gasteiger partial charge on any atom is -0.394 e. The van der Waals surface area contributed by atoms with Crippen molar-refractivity contribution < 1.29 is 10.2 Å². The molecule has 1 aliphatic heterocycles. The lowest BCUT2D eigenvalue weighted by Crippen LogP contribution is -2.33. The summed E-state index contributed by atoms with van der Waals surface area (Å²) in [4.78, 5) is 10.4. The Balaban J connectivity index is 2.27. The van der Waals surface area contributed by atoms with Crippen LogP contribution in [-0.2, 0) is 0 Å². The number of halogens is 1. The monoisotopic (exact) mass is 302 g/mol. The predicted molar refractivity (Wildman–Crippen MR) is 68.1 cm³/mol. The summed E-state index contributed by atoms with van der Waals surface area (Å²) in [5.74, 6) is 1.21. The first kappa shape index (κ1) is 12.5. The molecule has 0 unspecified atom stereocenters. The number of aliphatic hydroxyl groups is 2. The number of hydrogen-bond acceptors (Lipinski definition) is 6. The lowest BCUT2D eigenvalue weighted by Gasteiger charge is -2.22. The third-order valence-electron chi connectivity index (χ3n) is 2.83. The molecule has 94 valence electrons. The van der Waals surface area contributed by atoms with Crippen molar-refractivity contribution in [3.05, 3.63) is 10.7 Å². The molecule has 0 spiro atoms. The van der Waals surface area contributed by atoms with Gasteiger partial charge in [0, 0.05) is 19.8 Å². The smallest absolute Gasteiger partial charge is 0.227 e. The molecule has 0 aliphatic carbocycles. The van der Waals surface area contributed by atoms with Crippen LogP contribution in [0.25, 0.3) is 0 Å². The molecule has 3 N–H and O–H groups in total. The molecule has 7 heteroatoms. The highest BCUT2D eigenvalue weighted by molar-refractivity contribution is 9.10. The van der Waals surface area contributed by atoms with Crippen LogP contribution in [0.3, 0.4) is 0 Å². The number of nitrogens with zero attached hydrogens (tertiary/aromatic N) is 3.